The van der Waals surface area contributed by atoms with Crippen LogP contribution < -0.4 is 5.32 Å². The highest BCUT2D eigenvalue weighted by atomic mass is 16.5. The molecule has 1 N–H and O–H groups in total. The van der Waals surface area contributed by atoms with Gasteiger partial charge in [0.25, 0.3) is 0 Å². The van der Waals surface area contributed by atoms with Gasteiger partial charge >= 0.3 is 0 Å². The first kappa shape index (κ1) is 11.4. The number of fused-ring (bicyclic) bond motifs is 1. The Morgan fingerprint density at radius 1 is 1.39 bits per heavy atom. The molecular weight excluding hydrogens is 230 g/mol. The molecule has 1 unspecified atom stereocenters. The third kappa shape index (κ3) is 2.30. The first-order valence-electron chi connectivity index (χ1n) is 6.11. The number of aromatic nitrogens is 4. The van der Waals surface area contributed by atoms with E-state index in [1.165, 1.54) is 0 Å². The molecule has 0 amide bonds. The van der Waals surface area contributed by atoms with Crippen molar-refractivity contribution in [2.24, 2.45) is 7.05 Å². The highest BCUT2D eigenvalue weighted by Gasteiger charge is 2.18. The van der Waals surface area contributed by atoms with E-state index in [2.05, 4.69) is 19.9 Å². The van der Waals surface area contributed by atoms with Crippen LogP contribution in [0.1, 0.15) is 11.6 Å². The minimum atomic E-state index is 0.201. The zero-order valence-corrected chi connectivity index (χ0v) is 10.4. The van der Waals surface area contributed by atoms with E-state index in [9.17, 15) is 0 Å². The summed E-state index contributed by atoms with van der Waals surface area (Å²) < 4.78 is 9.91. The van der Waals surface area contributed by atoms with Gasteiger partial charge in [0.1, 0.15) is 18.3 Å². The molecule has 0 spiro atoms. The number of nitrogens with zero attached hydrogens (tertiary/aromatic N) is 4. The third-order valence-electron chi connectivity index (χ3n) is 3.23. The average Bonchev–Trinajstić information content (AvgIpc) is 2.98. The van der Waals surface area contributed by atoms with Crippen molar-refractivity contribution >= 4 is 0 Å². The van der Waals surface area contributed by atoms with Gasteiger partial charge in [-0.3, -0.25) is 0 Å². The number of rotatable bonds is 4. The Hall–Kier alpha value is -1.66. The lowest BCUT2D eigenvalue weighted by Gasteiger charge is -2.24. The monoisotopic (exact) mass is 247 g/mol. The molecule has 3 rings (SSSR count). The van der Waals surface area contributed by atoms with Crippen LogP contribution in [0, 0.1) is 0 Å². The summed E-state index contributed by atoms with van der Waals surface area (Å²) in [6.45, 7) is 3.05. The van der Waals surface area contributed by atoms with Crippen LogP contribution in [0.2, 0.25) is 0 Å². The maximum Gasteiger partial charge on any atom is 0.134 e. The Morgan fingerprint density at radius 2 is 2.28 bits per heavy atom. The lowest BCUT2D eigenvalue weighted by molar-refractivity contribution is 0.00267. The number of nitrogens with one attached hydrogen (secondary N) is 1. The van der Waals surface area contributed by atoms with Crippen LogP contribution >= 0.6 is 0 Å². The molecule has 18 heavy (non-hydrogen) atoms. The smallest absolute Gasteiger partial charge is 0.134 e. The molecule has 6 heteroatoms. The predicted octanol–water partition coefficient (Wildman–Crippen LogP) is 0.305. The second kappa shape index (κ2) is 4.91. The van der Waals surface area contributed by atoms with Crippen LogP contribution in [0.5, 0.6) is 0 Å². The van der Waals surface area contributed by atoms with Crippen molar-refractivity contribution in [1.29, 1.82) is 0 Å². The van der Waals surface area contributed by atoms with Gasteiger partial charge in [-0.15, -0.1) is 0 Å². The molecule has 2 aromatic heterocycles. The molecule has 0 saturated carbocycles. The van der Waals surface area contributed by atoms with E-state index in [4.69, 9.17) is 4.74 Å². The summed E-state index contributed by atoms with van der Waals surface area (Å²) in [5, 5.41) is 3.38. The van der Waals surface area contributed by atoms with E-state index >= 15 is 0 Å². The molecule has 0 aliphatic carbocycles. The Balaban J connectivity index is 1.49. The molecule has 0 radical (unpaired) electrons. The van der Waals surface area contributed by atoms with Crippen molar-refractivity contribution in [1.82, 2.24) is 24.4 Å². The minimum absolute atomic E-state index is 0.201. The van der Waals surface area contributed by atoms with Crippen LogP contribution in [-0.2, 0) is 31.5 Å². The normalized spacial score (nSPS) is 18.8. The Kier molecular flexibility index (Phi) is 3.12. The molecule has 6 nitrogen and oxygen atoms in total. The Labute approximate surface area is 106 Å². The molecule has 0 aromatic carbocycles. The van der Waals surface area contributed by atoms with Gasteiger partial charge in [0.2, 0.25) is 0 Å². The molecule has 1 aliphatic rings. The van der Waals surface area contributed by atoms with Crippen LogP contribution in [-0.4, -0.2) is 31.8 Å². The van der Waals surface area contributed by atoms with E-state index in [0.717, 1.165) is 31.3 Å². The predicted molar refractivity (Wildman–Crippen MR) is 65.7 cm³/mol. The van der Waals surface area contributed by atoms with E-state index in [1.54, 1.807) is 0 Å². The second-order valence-corrected chi connectivity index (χ2v) is 4.51. The van der Waals surface area contributed by atoms with Crippen molar-refractivity contribution in [2.75, 3.05) is 6.54 Å². The average molecular weight is 247 g/mol. The van der Waals surface area contributed by atoms with Crippen molar-refractivity contribution in [3.05, 3.63) is 36.4 Å². The van der Waals surface area contributed by atoms with Gasteiger partial charge in [0.05, 0.1) is 19.2 Å². The van der Waals surface area contributed by atoms with Crippen molar-refractivity contribution in [3.8, 4) is 0 Å². The first-order valence-corrected chi connectivity index (χ1v) is 6.11. The van der Waals surface area contributed by atoms with Crippen LogP contribution in [0.15, 0.2) is 24.8 Å². The van der Waals surface area contributed by atoms with Crippen LogP contribution in [0.3, 0.4) is 0 Å². The number of hydrogen-bond acceptors (Lipinski definition) is 4. The molecule has 96 valence electrons. The van der Waals surface area contributed by atoms with E-state index in [1.807, 2.05) is 36.4 Å². The summed E-state index contributed by atoms with van der Waals surface area (Å²) in [5.41, 5.74) is 0. The number of aryl methyl sites for hydroxylation is 1. The van der Waals surface area contributed by atoms with Gasteiger partial charge in [-0.05, 0) is 0 Å². The number of ether oxygens (including phenoxy) is 1. The molecule has 3 heterocycles. The molecular formula is C12H17N5O. The molecule has 1 aliphatic heterocycles. The fourth-order valence-electron chi connectivity index (χ4n) is 2.15. The molecule has 0 bridgehead atoms. The number of hydrogen-bond donors (Lipinski definition) is 1. The summed E-state index contributed by atoms with van der Waals surface area (Å²) >= 11 is 0. The quantitative estimate of drug-likeness (QED) is 0.844. The summed E-state index contributed by atoms with van der Waals surface area (Å²) in [4.78, 5) is 8.50. The van der Waals surface area contributed by atoms with Crippen molar-refractivity contribution in [3.63, 3.8) is 0 Å². The summed E-state index contributed by atoms with van der Waals surface area (Å²) in [6.07, 6.45) is 7.79. The van der Waals surface area contributed by atoms with E-state index < -0.39 is 0 Å². The van der Waals surface area contributed by atoms with Gasteiger partial charge in [-0.1, -0.05) is 0 Å². The lowest BCUT2D eigenvalue weighted by atomic mass is 10.3. The molecule has 1 atom stereocenters. The summed E-state index contributed by atoms with van der Waals surface area (Å²) in [6, 6.07) is 0. The molecule has 2 aromatic rings. The van der Waals surface area contributed by atoms with Gasteiger partial charge < -0.3 is 19.2 Å². The zero-order chi connectivity index (χ0) is 12.4. The van der Waals surface area contributed by atoms with E-state index in [0.29, 0.717) is 6.61 Å². The molecule has 0 saturated heterocycles. The largest absolute Gasteiger partial charge is 0.367 e. The van der Waals surface area contributed by atoms with Gasteiger partial charge in [0, 0.05) is 38.4 Å². The topological polar surface area (TPSA) is 56.9 Å². The van der Waals surface area contributed by atoms with Gasteiger partial charge in [0.15, 0.2) is 0 Å². The highest BCUT2D eigenvalue weighted by molar-refractivity contribution is 4.94. The molecule has 0 fully saturated rings. The fourth-order valence-corrected chi connectivity index (χ4v) is 2.15. The Morgan fingerprint density at radius 3 is 3.11 bits per heavy atom. The summed E-state index contributed by atoms with van der Waals surface area (Å²) in [5.74, 6) is 2.05. The minimum Gasteiger partial charge on any atom is -0.367 e. The first-order chi connectivity index (χ1) is 8.83. The van der Waals surface area contributed by atoms with Crippen LogP contribution in [0.4, 0.5) is 0 Å². The van der Waals surface area contributed by atoms with Crippen molar-refractivity contribution in [2.45, 2.75) is 25.8 Å². The third-order valence-corrected chi connectivity index (χ3v) is 3.23. The highest BCUT2D eigenvalue weighted by Crippen LogP contribution is 2.11. The fraction of sp³-hybridized carbons (Fsp3) is 0.500. The summed E-state index contributed by atoms with van der Waals surface area (Å²) in [7, 11) is 2.00. The van der Waals surface area contributed by atoms with Gasteiger partial charge in [-0.25, -0.2) is 9.97 Å². The standard InChI is InChI=1S/C12H17N5O/c1-16-4-2-14-11(16)7-13-6-10-8-17-5-3-15-12(17)9-18-10/h2-5,10,13H,6-9H2,1H3. The lowest BCUT2D eigenvalue weighted by Crippen LogP contribution is -2.36. The van der Waals surface area contributed by atoms with Gasteiger partial charge in [-0.2, -0.15) is 0 Å². The van der Waals surface area contributed by atoms with Crippen molar-refractivity contribution < 1.29 is 4.74 Å². The maximum absolute atomic E-state index is 5.74. The zero-order valence-electron chi connectivity index (χ0n) is 10.4. The Bertz CT molecular complexity index is 518. The second-order valence-electron chi connectivity index (χ2n) is 4.51. The number of imidazole rings is 2. The van der Waals surface area contributed by atoms with Crippen LogP contribution in [0.25, 0.3) is 0 Å². The SMILES string of the molecule is Cn1ccnc1CNCC1Cn2ccnc2CO1. The van der Waals surface area contributed by atoms with E-state index in [-0.39, 0.29) is 6.10 Å². The maximum atomic E-state index is 5.74.